The van der Waals surface area contributed by atoms with Crippen LogP contribution in [0.1, 0.15) is 34.8 Å². The Morgan fingerprint density at radius 3 is 2.29 bits per heavy atom. The highest BCUT2D eigenvalue weighted by Crippen LogP contribution is 2.16. The van der Waals surface area contributed by atoms with Crippen molar-refractivity contribution in [2.45, 2.75) is 31.7 Å². The Hall–Kier alpha value is -2.67. The summed E-state index contributed by atoms with van der Waals surface area (Å²) in [7, 11) is -3.58. The predicted octanol–water partition coefficient (Wildman–Crippen LogP) is 2.99. The predicted molar refractivity (Wildman–Crippen MR) is 107 cm³/mol. The smallest absolute Gasteiger partial charge is 0.339 e. The van der Waals surface area contributed by atoms with Crippen molar-refractivity contribution < 1.29 is 22.7 Å². The van der Waals surface area contributed by atoms with Gasteiger partial charge in [-0.2, -0.15) is 0 Å². The summed E-state index contributed by atoms with van der Waals surface area (Å²) >= 11 is 0. The van der Waals surface area contributed by atoms with Crippen molar-refractivity contribution >= 4 is 21.7 Å². The number of hydrogen-bond donors (Lipinski definition) is 0. The molecule has 2 rings (SSSR count). The summed E-state index contributed by atoms with van der Waals surface area (Å²) in [6.45, 7) is 4.47. The van der Waals surface area contributed by atoms with Crippen LogP contribution in [0.15, 0.2) is 53.4 Å². The summed E-state index contributed by atoms with van der Waals surface area (Å²) in [5, 5.41) is 0. The summed E-state index contributed by atoms with van der Waals surface area (Å²) in [6.07, 6.45) is 1.79. The van der Waals surface area contributed by atoms with E-state index in [0.29, 0.717) is 13.1 Å². The van der Waals surface area contributed by atoms with Crippen LogP contribution in [-0.2, 0) is 25.9 Å². The summed E-state index contributed by atoms with van der Waals surface area (Å²) in [5.74, 6) is -1.16. The van der Waals surface area contributed by atoms with Crippen LogP contribution in [0.4, 0.5) is 0 Å². The molecule has 7 heteroatoms. The molecule has 0 atom stereocenters. The molecule has 0 aliphatic heterocycles. The number of carbonyl (C=O) groups excluding carboxylic acids is 2. The number of ether oxygens (including phenoxy) is 1. The highest BCUT2D eigenvalue weighted by atomic mass is 32.2. The zero-order valence-corrected chi connectivity index (χ0v) is 17.2. The first-order chi connectivity index (χ1) is 13.2. The lowest BCUT2D eigenvalue weighted by molar-refractivity contribution is -0.135. The van der Waals surface area contributed by atoms with Gasteiger partial charge in [0.15, 0.2) is 16.4 Å². The first-order valence-corrected chi connectivity index (χ1v) is 10.9. The minimum atomic E-state index is -3.58. The summed E-state index contributed by atoms with van der Waals surface area (Å²) in [6, 6.07) is 13.7. The lowest BCUT2D eigenvalue weighted by Gasteiger charge is -2.22. The summed E-state index contributed by atoms with van der Waals surface area (Å²) in [5.41, 5.74) is 2.05. The largest absolute Gasteiger partial charge is 0.452 e. The number of sulfone groups is 1. The average Bonchev–Trinajstić information content (AvgIpc) is 2.66. The Morgan fingerprint density at radius 2 is 1.68 bits per heavy atom. The van der Waals surface area contributed by atoms with E-state index < -0.39 is 22.4 Å². The third-order valence-electron chi connectivity index (χ3n) is 4.17. The SMILES string of the molecule is CCCN(Cc1ccc(C)cc1)C(=O)COC(=O)c1ccccc1S(C)(=O)=O. The van der Waals surface area contributed by atoms with E-state index in [-0.39, 0.29) is 16.4 Å². The van der Waals surface area contributed by atoms with E-state index in [0.717, 1.165) is 23.8 Å². The number of rotatable bonds is 8. The number of hydrogen-bond acceptors (Lipinski definition) is 5. The molecule has 0 aliphatic rings. The summed E-state index contributed by atoms with van der Waals surface area (Å²) in [4.78, 5) is 26.4. The van der Waals surface area contributed by atoms with Crippen molar-refractivity contribution in [1.29, 1.82) is 0 Å². The minimum absolute atomic E-state index is 0.0709. The molecule has 0 bridgehead atoms. The van der Waals surface area contributed by atoms with Gasteiger partial charge in [0.2, 0.25) is 0 Å². The van der Waals surface area contributed by atoms with Crippen molar-refractivity contribution in [3.63, 3.8) is 0 Å². The van der Waals surface area contributed by atoms with Crippen LogP contribution in [0, 0.1) is 6.92 Å². The van der Waals surface area contributed by atoms with E-state index in [1.54, 1.807) is 11.0 Å². The molecule has 2 aromatic carbocycles. The van der Waals surface area contributed by atoms with Gasteiger partial charge in [0, 0.05) is 19.3 Å². The van der Waals surface area contributed by atoms with Crippen LogP contribution in [-0.4, -0.2) is 44.6 Å². The molecule has 0 saturated carbocycles. The molecular formula is C21H25NO5S. The molecule has 0 N–H and O–H groups in total. The van der Waals surface area contributed by atoms with Gasteiger partial charge in [-0.1, -0.05) is 48.9 Å². The topological polar surface area (TPSA) is 80.8 Å². The lowest BCUT2D eigenvalue weighted by atomic mass is 10.1. The molecule has 0 saturated heterocycles. The van der Waals surface area contributed by atoms with Gasteiger partial charge in [-0.25, -0.2) is 13.2 Å². The second-order valence-corrected chi connectivity index (χ2v) is 8.63. The molecule has 0 fully saturated rings. The Balaban J connectivity index is 2.06. The zero-order chi connectivity index (χ0) is 20.7. The number of aryl methyl sites for hydroxylation is 1. The first kappa shape index (κ1) is 21.6. The number of esters is 1. The molecule has 28 heavy (non-hydrogen) atoms. The van der Waals surface area contributed by atoms with Crippen LogP contribution in [0.2, 0.25) is 0 Å². The second kappa shape index (κ2) is 9.50. The van der Waals surface area contributed by atoms with Crippen molar-refractivity contribution in [3.05, 3.63) is 65.2 Å². The molecule has 1 amide bonds. The fourth-order valence-electron chi connectivity index (χ4n) is 2.73. The average molecular weight is 404 g/mol. The van der Waals surface area contributed by atoms with Crippen molar-refractivity contribution in [3.8, 4) is 0 Å². The molecule has 6 nitrogen and oxygen atoms in total. The van der Waals surface area contributed by atoms with Gasteiger partial charge in [0.1, 0.15) is 0 Å². The Morgan fingerprint density at radius 1 is 1.04 bits per heavy atom. The number of benzene rings is 2. The first-order valence-electron chi connectivity index (χ1n) is 9.02. The molecule has 2 aromatic rings. The van der Waals surface area contributed by atoms with Crippen LogP contribution in [0.3, 0.4) is 0 Å². The van der Waals surface area contributed by atoms with Crippen molar-refractivity contribution in [2.24, 2.45) is 0 Å². The van der Waals surface area contributed by atoms with Crippen molar-refractivity contribution in [1.82, 2.24) is 4.90 Å². The normalized spacial score (nSPS) is 11.1. The van der Waals surface area contributed by atoms with Gasteiger partial charge >= 0.3 is 5.97 Å². The maximum atomic E-state index is 12.6. The number of nitrogens with zero attached hydrogens (tertiary/aromatic N) is 1. The third-order valence-corrected chi connectivity index (χ3v) is 5.33. The van der Waals surface area contributed by atoms with E-state index in [1.165, 1.54) is 18.2 Å². The van der Waals surface area contributed by atoms with Crippen LogP contribution in [0.5, 0.6) is 0 Å². The standard InChI is InChI=1S/C21H25NO5S/c1-4-13-22(14-17-11-9-16(2)10-12-17)20(23)15-27-21(24)18-7-5-6-8-19(18)28(3,25)26/h5-12H,4,13-15H2,1-3H3. The lowest BCUT2D eigenvalue weighted by Crippen LogP contribution is -2.35. The number of carbonyl (C=O) groups is 2. The molecule has 150 valence electrons. The van der Waals surface area contributed by atoms with Crippen molar-refractivity contribution in [2.75, 3.05) is 19.4 Å². The van der Waals surface area contributed by atoms with E-state index in [9.17, 15) is 18.0 Å². The minimum Gasteiger partial charge on any atom is -0.452 e. The van der Waals surface area contributed by atoms with E-state index in [4.69, 9.17) is 4.74 Å². The molecular weight excluding hydrogens is 378 g/mol. The van der Waals surface area contributed by atoms with E-state index in [1.807, 2.05) is 38.1 Å². The highest BCUT2D eigenvalue weighted by Gasteiger charge is 2.21. The Labute approximate surface area is 166 Å². The van der Waals surface area contributed by atoms with E-state index >= 15 is 0 Å². The maximum absolute atomic E-state index is 12.6. The Kier molecular flexibility index (Phi) is 7.34. The van der Waals surface area contributed by atoms with Gasteiger partial charge in [-0.3, -0.25) is 4.79 Å². The highest BCUT2D eigenvalue weighted by molar-refractivity contribution is 7.90. The fraction of sp³-hybridized carbons (Fsp3) is 0.333. The molecule has 0 spiro atoms. The molecule has 0 aromatic heterocycles. The molecule has 0 radical (unpaired) electrons. The number of amides is 1. The van der Waals surface area contributed by atoms with Crippen LogP contribution >= 0.6 is 0 Å². The van der Waals surface area contributed by atoms with Gasteiger partial charge in [0.25, 0.3) is 5.91 Å². The quantitative estimate of drug-likeness (QED) is 0.633. The monoisotopic (exact) mass is 403 g/mol. The van der Waals surface area contributed by atoms with Crippen LogP contribution < -0.4 is 0 Å². The Bertz CT molecular complexity index is 936. The van der Waals surface area contributed by atoms with Gasteiger partial charge in [-0.05, 0) is 31.0 Å². The maximum Gasteiger partial charge on any atom is 0.339 e. The van der Waals surface area contributed by atoms with Gasteiger partial charge < -0.3 is 9.64 Å². The van der Waals surface area contributed by atoms with E-state index in [2.05, 4.69) is 0 Å². The van der Waals surface area contributed by atoms with Gasteiger partial charge in [-0.15, -0.1) is 0 Å². The zero-order valence-electron chi connectivity index (χ0n) is 16.3. The second-order valence-electron chi connectivity index (χ2n) is 6.65. The van der Waals surface area contributed by atoms with Gasteiger partial charge in [0.05, 0.1) is 10.5 Å². The summed E-state index contributed by atoms with van der Waals surface area (Å²) < 4.78 is 28.8. The third kappa shape index (κ3) is 5.92. The fourth-order valence-corrected chi connectivity index (χ4v) is 3.61. The molecule has 0 aliphatic carbocycles. The molecule has 0 heterocycles. The van der Waals surface area contributed by atoms with Crippen LogP contribution in [0.25, 0.3) is 0 Å². The molecule has 0 unspecified atom stereocenters.